The zero-order valence-corrected chi connectivity index (χ0v) is 21.9. The molecule has 190 valence electrons. The Morgan fingerprint density at radius 3 is 1.64 bits per heavy atom. The fourth-order valence-corrected chi connectivity index (χ4v) is 5.01. The van der Waals surface area contributed by atoms with Crippen LogP contribution < -0.4 is 10.6 Å². The predicted octanol–water partition coefficient (Wildman–Crippen LogP) is 5.78. The van der Waals surface area contributed by atoms with Crippen LogP contribution in [0.1, 0.15) is 36.1 Å². The van der Waals surface area contributed by atoms with Crippen molar-refractivity contribution in [2.45, 2.75) is 69.6 Å². The second-order valence-electron chi connectivity index (χ2n) is 9.90. The molecule has 0 aromatic heterocycles. The van der Waals surface area contributed by atoms with Gasteiger partial charge < -0.3 is 20.1 Å². The highest BCUT2D eigenvalue weighted by molar-refractivity contribution is 6.17. The summed E-state index contributed by atoms with van der Waals surface area (Å²) in [6.07, 6.45) is 0.973. The first-order valence-electron chi connectivity index (χ1n) is 12.4. The standard InChI is InChI=1S/C22H26N2O3.C8H9Cl/c1-22(2)26-19-17(13-15-9-5-3-6-10-15)23-21(25)24-18(20(19)27-22)14-16-11-7-4-8-12-16;1-7-3-2-4-8(5-7)6-9/h3-12,17-20H,13-14H2,1-2H3,(H2,23,24,25);2-5H,6H2,1H3/t17-,18-,19+,20+;/m1./s1. The number of hydrogen-bond donors (Lipinski definition) is 2. The van der Waals surface area contributed by atoms with Crippen molar-refractivity contribution in [3.05, 3.63) is 107 Å². The minimum atomic E-state index is -0.678. The van der Waals surface area contributed by atoms with Gasteiger partial charge in [0.1, 0.15) is 12.2 Å². The van der Waals surface area contributed by atoms with Crippen LogP contribution >= 0.6 is 11.6 Å². The van der Waals surface area contributed by atoms with Crippen LogP contribution in [0.3, 0.4) is 0 Å². The lowest BCUT2D eigenvalue weighted by Crippen LogP contribution is -2.47. The van der Waals surface area contributed by atoms with E-state index in [9.17, 15) is 4.79 Å². The molecule has 0 aliphatic carbocycles. The summed E-state index contributed by atoms with van der Waals surface area (Å²) in [4.78, 5) is 12.5. The Hall–Kier alpha value is -2.86. The summed E-state index contributed by atoms with van der Waals surface area (Å²) < 4.78 is 12.5. The van der Waals surface area contributed by atoms with Crippen molar-refractivity contribution in [3.8, 4) is 0 Å². The number of fused-ring (bicyclic) bond motifs is 1. The van der Waals surface area contributed by atoms with E-state index in [2.05, 4.69) is 54.0 Å². The minimum absolute atomic E-state index is 0.153. The second kappa shape index (κ2) is 11.9. The molecule has 6 heteroatoms. The number of aryl methyl sites for hydroxylation is 1. The van der Waals surface area contributed by atoms with Gasteiger partial charge in [0, 0.05) is 5.88 Å². The van der Waals surface area contributed by atoms with Crippen LogP contribution in [0.4, 0.5) is 4.79 Å². The maximum Gasteiger partial charge on any atom is 0.315 e. The number of ether oxygens (including phenoxy) is 2. The molecule has 0 saturated carbocycles. The monoisotopic (exact) mass is 506 g/mol. The van der Waals surface area contributed by atoms with Crippen molar-refractivity contribution in [2.75, 3.05) is 0 Å². The van der Waals surface area contributed by atoms with Gasteiger partial charge in [-0.1, -0.05) is 90.5 Å². The van der Waals surface area contributed by atoms with Crippen molar-refractivity contribution in [1.82, 2.24) is 10.6 Å². The molecule has 0 radical (unpaired) electrons. The molecule has 0 unspecified atom stereocenters. The Morgan fingerprint density at radius 2 is 1.22 bits per heavy atom. The van der Waals surface area contributed by atoms with E-state index >= 15 is 0 Å². The van der Waals surface area contributed by atoms with Crippen LogP contribution in [0.2, 0.25) is 0 Å². The van der Waals surface area contributed by atoms with Crippen LogP contribution in [-0.4, -0.2) is 36.1 Å². The number of benzene rings is 3. The van der Waals surface area contributed by atoms with Crippen molar-refractivity contribution in [3.63, 3.8) is 0 Å². The van der Waals surface area contributed by atoms with Gasteiger partial charge >= 0.3 is 6.03 Å². The summed E-state index contributed by atoms with van der Waals surface area (Å²) in [5.41, 5.74) is 4.79. The molecule has 4 atom stereocenters. The van der Waals surface area contributed by atoms with Gasteiger partial charge in [0.05, 0.1) is 12.1 Å². The topological polar surface area (TPSA) is 59.6 Å². The number of halogens is 1. The first kappa shape index (κ1) is 26.2. The van der Waals surface area contributed by atoms with E-state index in [1.165, 1.54) is 11.1 Å². The molecular weight excluding hydrogens is 472 g/mol. The largest absolute Gasteiger partial charge is 0.342 e. The van der Waals surface area contributed by atoms with Crippen molar-refractivity contribution < 1.29 is 14.3 Å². The summed E-state index contributed by atoms with van der Waals surface area (Å²) in [5.74, 6) is -0.0648. The molecule has 2 heterocycles. The van der Waals surface area contributed by atoms with E-state index in [0.717, 1.165) is 11.1 Å². The summed E-state index contributed by atoms with van der Waals surface area (Å²) in [7, 11) is 0. The van der Waals surface area contributed by atoms with Gasteiger partial charge in [0.2, 0.25) is 0 Å². The number of rotatable bonds is 5. The molecule has 5 nitrogen and oxygen atoms in total. The summed E-state index contributed by atoms with van der Waals surface area (Å²) in [6, 6.07) is 28.0. The lowest BCUT2D eigenvalue weighted by atomic mass is 9.92. The maximum atomic E-state index is 12.5. The van der Waals surface area contributed by atoms with E-state index in [-0.39, 0.29) is 30.3 Å². The van der Waals surface area contributed by atoms with Crippen LogP contribution in [0.25, 0.3) is 0 Å². The van der Waals surface area contributed by atoms with E-state index in [1.54, 1.807) is 0 Å². The Morgan fingerprint density at radius 1 is 0.750 bits per heavy atom. The van der Waals surface area contributed by atoms with Gasteiger partial charge in [0.25, 0.3) is 0 Å². The van der Waals surface area contributed by atoms with Gasteiger partial charge in [-0.25, -0.2) is 4.79 Å². The molecule has 36 heavy (non-hydrogen) atoms. The summed E-state index contributed by atoms with van der Waals surface area (Å²) in [5, 5.41) is 6.19. The van der Waals surface area contributed by atoms with Gasteiger partial charge in [-0.3, -0.25) is 0 Å². The molecule has 2 saturated heterocycles. The zero-order chi connectivity index (χ0) is 25.5. The molecule has 2 amide bonds. The van der Waals surface area contributed by atoms with Crippen LogP contribution in [-0.2, 0) is 28.2 Å². The molecule has 3 aromatic rings. The van der Waals surface area contributed by atoms with Gasteiger partial charge in [-0.2, -0.15) is 0 Å². The first-order valence-corrected chi connectivity index (χ1v) is 13.0. The smallest absolute Gasteiger partial charge is 0.315 e. The quantitative estimate of drug-likeness (QED) is 0.431. The molecular formula is C30H35ClN2O3. The molecule has 0 bridgehead atoms. The number of carbonyl (C=O) groups is 1. The highest BCUT2D eigenvalue weighted by Gasteiger charge is 2.50. The summed E-state index contributed by atoms with van der Waals surface area (Å²) >= 11 is 5.60. The van der Waals surface area contributed by atoms with Crippen molar-refractivity contribution >= 4 is 17.6 Å². The van der Waals surface area contributed by atoms with Crippen molar-refractivity contribution in [2.24, 2.45) is 0 Å². The molecule has 3 aromatic carbocycles. The van der Waals surface area contributed by atoms with Gasteiger partial charge in [0.15, 0.2) is 5.79 Å². The Labute approximate surface area is 219 Å². The second-order valence-corrected chi connectivity index (χ2v) is 10.2. The van der Waals surface area contributed by atoms with Crippen LogP contribution in [0.15, 0.2) is 84.9 Å². The Balaban J connectivity index is 0.000000286. The normalized spacial score (nSPS) is 24.4. The van der Waals surface area contributed by atoms with E-state index in [0.29, 0.717) is 18.7 Å². The number of nitrogens with one attached hydrogen (secondary N) is 2. The minimum Gasteiger partial charge on any atom is -0.342 e. The SMILES string of the molecule is CC1(C)O[C@@H]2[C@@H](O1)[C@@H](Cc1ccccc1)NC(=O)N[C@@H]2Cc1ccccc1.Cc1cccc(CCl)c1. The fourth-order valence-electron chi connectivity index (χ4n) is 4.85. The first-order chi connectivity index (χ1) is 17.3. The number of urea groups is 1. The van der Waals surface area contributed by atoms with Crippen LogP contribution in [0, 0.1) is 6.92 Å². The number of amides is 2. The predicted molar refractivity (Wildman–Crippen MR) is 144 cm³/mol. The zero-order valence-electron chi connectivity index (χ0n) is 21.1. The third-order valence-electron chi connectivity index (χ3n) is 6.42. The average molecular weight is 507 g/mol. The Bertz CT molecular complexity index is 1060. The molecule has 2 aliphatic heterocycles. The fraction of sp³-hybridized carbons (Fsp3) is 0.367. The highest BCUT2D eigenvalue weighted by Crippen LogP contribution is 2.34. The van der Waals surface area contributed by atoms with Gasteiger partial charge in [-0.15, -0.1) is 11.6 Å². The number of hydrogen-bond acceptors (Lipinski definition) is 3. The molecule has 0 spiro atoms. The maximum absolute atomic E-state index is 12.5. The molecule has 2 fully saturated rings. The number of carbonyl (C=O) groups excluding carboxylic acids is 1. The average Bonchev–Trinajstić information content (AvgIpc) is 3.15. The molecule has 5 rings (SSSR count). The third-order valence-corrected chi connectivity index (χ3v) is 6.73. The van der Waals surface area contributed by atoms with Crippen molar-refractivity contribution in [1.29, 1.82) is 0 Å². The van der Waals surface area contributed by atoms with E-state index < -0.39 is 5.79 Å². The third kappa shape index (κ3) is 7.10. The Kier molecular flexibility index (Phi) is 8.68. The highest BCUT2D eigenvalue weighted by atomic mass is 35.5. The number of alkyl halides is 1. The van der Waals surface area contributed by atoms with Gasteiger partial charge in [-0.05, 0) is 50.3 Å². The lowest BCUT2D eigenvalue weighted by Gasteiger charge is -2.26. The molecule has 2 N–H and O–H groups in total. The van der Waals surface area contributed by atoms with E-state index in [1.807, 2.05) is 62.4 Å². The lowest BCUT2D eigenvalue weighted by molar-refractivity contribution is -0.150. The van der Waals surface area contributed by atoms with Crippen LogP contribution in [0.5, 0.6) is 0 Å². The van der Waals surface area contributed by atoms with E-state index in [4.69, 9.17) is 21.1 Å². The summed E-state index contributed by atoms with van der Waals surface area (Å²) in [6.45, 7) is 5.93. The molecule has 2 aliphatic rings.